The summed E-state index contributed by atoms with van der Waals surface area (Å²) in [7, 11) is 0. The third-order valence-electron chi connectivity index (χ3n) is 3.65. The lowest BCUT2D eigenvalue weighted by molar-refractivity contribution is 0.542. The number of hydrogen-bond acceptors (Lipinski definition) is 3. The molecule has 1 atom stereocenters. The average Bonchev–Trinajstić information content (AvgIpc) is 2.89. The van der Waals surface area contributed by atoms with Gasteiger partial charge in [-0.25, -0.2) is 4.98 Å². The Morgan fingerprint density at radius 3 is 3.05 bits per heavy atom. The molecule has 1 aliphatic heterocycles. The molecule has 4 nitrogen and oxygen atoms in total. The first-order valence-electron chi connectivity index (χ1n) is 6.85. The van der Waals surface area contributed by atoms with E-state index in [1.165, 1.54) is 11.3 Å². The summed E-state index contributed by atoms with van der Waals surface area (Å²) in [5.41, 5.74) is 2.75. The highest BCUT2D eigenvalue weighted by Gasteiger charge is 2.18. The number of hydrogen-bond donors (Lipinski definition) is 1. The lowest BCUT2D eigenvalue weighted by atomic mass is 10.1. The van der Waals surface area contributed by atoms with E-state index in [-0.39, 0.29) is 0 Å². The summed E-state index contributed by atoms with van der Waals surface area (Å²) in [5.74, 6) is 0. The minimum absolute atomic E-state index is 0.509. The molecule has 1 aromatic heterocycles. The molecule has 0 fully saturated rings. The summed E-state index contributed by atoms with van der Waals surface area (Å²) in [6, 6.07) is 9.19. The number of imidazole rings is 1. The Morgan fingerprint density at radius 1 is 1.32 bits per heavy atom. The molecule has 4 heteroatoms. The standard InChI is InChI=1S/C15H20N4/c1-13-11-19(9-8-18-7-6-16-12-18)15-5-3-2-4-14(15)10-17-13/h2-7,12-13,17H,8-11H2,1H3. The predicted octanol–water partition coefficient (Wildman–Crippen LogP) is 1.88. The van der Waals surface area contributed by atoms with Crippen molar-refractivity contribution < 1.29 is 0 Å². The number of nitrogens with zero attached hydrogens (tertiary/aromatic N) is 3. The monoisotopic (exact) mass is 256 g/mol. The van der Waals surface area contributed by atoms with Crippen molar-refractivity contribution in [2.45, 2.75) is 26.1 Å². The minimum Gasteiger partial charge on any atom is -0.368 e. The molecule has 1 N–H and O–H groups in total. The smallest absolute Gasteiger partial charge is 0.0946 e. The van der Waals surface area contributed by atoms with Crippen molar-refractivity contribution in [1.82, 2.24) is 14.9 Å². The normalized spacial score (nSPS) is 19.0. The third-order valence-corrected chi connectivity index (χ3v) is 3.65. The molecule has 0 radical (unpaired) electrons. The van der Waals surface area contributed by atoms with Gasteiger partial charge in [0.05, 0.1) is 6.33 Å². The van der Waals surface area contributed by atoms with Gasteiger partial charge in [-0.1, -0.05) is 18.2 Å². The fraction of sp³-hybridized carbons (Fsp3) is 0.400. The lowest BCUT2D eigenvalue weighted by Crippen LogP contribution is -2.37. The zero-order chi connectivity index (χ0) is 13.1. The van der Waals surface area contributed by atoms with Crippen LogP contribution < -0.4 is 10.2 Å². The van der Waals surface area contributed by atoms with Gasteiger partial charge in [0.15, 0.2) is 0 Å². The Hall–Kier alpha value is -1.81. The van der Waals surface area contributed by atoms with Gasteiger partial charge < -0.3 is 14.8 Å². The van der Waals surface area contributed by atoms with Crippen LogP contribution in [0.4, 0.5) is 5.69 Å². The Balaban J connectivity index is 1.78. The van der Waals surface area contributed by atoms with Crippen LogP contribution in [-0.2, 0) is 13.1 Å². The molecule has 2 aromatic rings. The molecule has 0 saturated carbocycles. The molecule has 1 aromatic carbocycles. The number of nitrogens with one attached hydrogen (secondary N) is 1. The van der Waals surface area contributed by atoms with E-state index in [4.69, 9.17) is 0 Å². The summed E-state index contributed by atoms with van der Waals surface area (Å²) < 4.78 is 2.13. The minimum atomic E-state index is 0.509. The molecular weight excluding hydrogens is 236 g/mol. The van der Waals surface area contributed by atoms with Gasteiger partial charge in [0.25, 0.3) is 0 Å². The second-order valence-corrected chi connectivity index (χ2v) is 5.16. The Morgan fingerprint density at radius 2 is 2.21 bits per heavy atom. The van der Waals surface area contributed by atoms with Crippen LogP contribution in [0, 0.1) is 0 Å². The third kappa shape index (κ3) is 2.79. The van der Waals surface area contributed by atoms with Gasteiger partial charge in [0.1, 0.15) is 0 Å². The van der Waals surface area contributed by atoms with Crippen LogP contribution in [0.3, 0.4) is 0 Å². The van der Waals surface area contributed by atoms with Crippen molar-refractivity contribution >= 4 is 5.69 Å². The Bertz CT molecular complexity index is 521. The van der Waals surface area contributed by atoms with Crippen LogP contribution in [0.25, 0.3) is 0 Å². The van der Waals surface area contributed by atoms with E-state index in [1.807, 2.05) is 18.7 Å². The predicted molar refractivity (Wildman–Crippen MR) is 77.2 cm³/mol. The van der Waals surface area contributed by atoms with Gasteiger partial charge in [0.2, 0.25) is 0 Å². The average molecular weight is 256 g/mol. The second kappa shape index (κ2) is 5.45. The van der Waals surface area contributed by atoms with Crippen molar-refractivity contribution in [3.8, 4) is 0 Å². The van der Waals surface area contributed by atoms with Gasteiger partial charge in [-0.2, -0.15) is 0 Å². The van der Waals surface area contributed by atoms with Gasteiger partial charge in [-0.05, 0) is 18.6 Å². The number of benzene rings is 1. The van der Waals surface area contributed by atoms with Gasteiger partial charge >= 0.3 is 0 Å². The molecule has 1 unspecified atom stereocenters. The zero-order valence-electron chi connectivity index (χ0n) is 11.3. The van der Waals surface area contributed by atoms with Gasteiger partial charge in [-0.15, -0.1) is 0 Å². The Labute approximate surface area is 114 Å². The summed E-state index contributed by atoms with van der Waals surface area (Å²) >= 11 is 0. The van der Waals surface area contributed by atoms with Crippen molar-refractivity contribution in [1.29, 1.82) is 0 Å². The van der Waals surface area contributed by atoms with E-state index < -0.39 is 0 Å². The fourth-order valence-corrected chi connectivity index (χ4v) is 2.61. The summed E-state index contributed by atoms with van der Waals surface area (Å²) in [5, 5.41) is 3.56. The molecule has 2 heterocycles. The molecular formula is C15H20N4. The van der Waals surface area contributed by atoms with Crippen molar-refractivity contribution in [2.24, 2.45) is 0 Å². The molecule has 100 valence electrons. The molecule has 0 spiro atoms. The molecule has 3 rings (SSSR count). The van der Waals surface area contributed by atoms with Gasteiger partial charge in [-0.3, -0.25) is 0 Å². The first-order chi connectivity index (χ1) is 9.33. The maximum atomic E-state index is 4.10. The highest BCUT2D eigenvalue weighted by atomic mass is 15.2. The van der Waals surface area contributed by atoms with E-state index in [0.29, 0.717) is 6.04 Å². The number of para-hydroxylation sites is 1. The van der Waals surface area contributed by atoms with Crippen molar-refractivity contribution in [3.05, 3.63) is 48.5 Å². The lowest BCUT2D eigenvalue weighted by Gasteiger charge is -2.26. The van der Waals surface area contributed by atoms with Crippen LogP contribution in [0.5, 0.6) is 0 Å². The van der Waals surface area contributed by atoms with Crippen LogP contribution in [0.1, 0.15) is 12.5 Å². The molecule has 1 aliphatic rings. The number of rotatable bonds is 3. The van der Waals surface area contributed by atoms with E-state index in [1.54, 1.807) is 0 Å². The first kappa shape index (κ1) is 12.2. The van der Waals surface area contributed by atoms with Crippen molar-refractivity contribution in [3.63, 3.8) is 0 Å². The summed E-state index contributed by atoms with van der Waals surface area (Å²) in [4.78, 5) is 6.57. The quantitative estimate of drug-likeness (QED) is 0.910. The van der Waals surface area contributed by atoms with E-state index in [2.05, 4.69) is 51.0 Å². The highest BCUT2D eigenvalue weighted by Crippen LogP contribution is 2.23. The molecule has 0 amide bonds. The van der Waals surface area contributed by atoms with Crippen molar-refractivity contribution in [2.75, 3.05) is 18.0 Å². The summed E-state index contributed by atoms with van der Waals surface area (Å²) in [6.07, 6.45) is 5.73. The Kier molecular flexibility index (Phi) is 3.51. The zero-order valence-corrected chi connectivity index (χ0v) is 11.3. The largest absolute Gasteiger partial charge is 0.368 e. The van der Waals surface area contributed by atoms with E-state index >= 15 is 0 Å². The van der Waals surface area contributed by atoms with E-state index in [9.17, 15) is 0 Å². The molecule has 19 heavy (non-hydrogen) atoms. The van der Waals surface area contributed by atoms with Gasteiger partial charge in [0, 0.05) is 50.3 Å². The fourth-order valence-electron chi connectivity index (χ4n) is 2.61. The first-order valence-corrected chi connectivity index (χ1v) is 6.85. The SMILES string of the molecule is CC1CN(CCn2ccnc2)c2ccccc2CN1. The molecule has 0 aliphatic carbocycles. The maximum absolute atomic E-state index is 4.10. The topological polar surface area (TPSA) is 33.1 Å². The van der Waals surface area contributed by atoms with Crippen LogP contribution in [0.2, 0.25) is 0 Å². The molecule has 0 bridgehead atoms. The van der Waals surface area contributed by atoms with Crippen LogP contribution in [0.15, 0.2) is 43.0 Å². The second-order valence-electron chi connectivity index (χ2n) is 5.16. The van der Waals surface area contributed by atoms with Crippen LogP contribution >= 0.6 is 0 Å². The summed E-state index contributed by atoms with van der Waals surface area (Å²) in [6.45, 7) is 6.24. The highest BCUT2D eigenvalue weighted by molar-refractivity contribution is 5.54. The maximum Gasteiger partial charge on any atom is 0.0946 e. The van der Waals surface area contributed by atoms with Crippen LogP contribution in [-0.4, -0.2) is 28.7 Å². The molecule has 0 saturated heterocycles. The van der Waals surface area contributed by atoms with E-state index in [0.717, 1.165) is 26.2 Å². The number of aromatic nitrogens is 2. The number of anilines is 1. The number of fused-ring (bicyclic) bond motifs is 1.